The third-order valence-electron chi connectivity index (χ3n) is 5.21. The van der Waals surface area contributed by atoms with Crippen LogP contribution in [0, 0.1) is 0 Å². The van der Waals surface area contributed by atoms with Gasteiger partial charge in [-0.3, -0.25) is 4.79 Å². The number of aromatic nitrogens is 3. The molecule has 1 fully saturated rings. The van der Waals surface area contributed by atoms with Crippen molar-refractivity contribution < 1.29 is 26.0 Å². The molecule has 3 aromatic rings. The van der Waals surface area contributed by atoms with Gasteiger partial charge in [-0.2, -0.15) is 4.98 Å². The molecule has 176 valence electrons. The fourth-order valence-corrected chi connectivity index (χ4v) is 5.57. The van der Waals surface area contributed by atoms with Crippen LogP contribution in [0.1, 0.15) is 12.2 Å². The Hall–Kier alpha value is -2.70. The van der Waals surface area contributed by atoms with Crippen molar-refractivity contribution in [3.63, 3.8) is 0 Å². The second-order valence-corrected chi connectivity index (χ2v) is 12.3. The summed E-state index contributed by atoms with van der Waals surface area (Å²) in [5.74, 6) is 0.106. The summed E-state index contributed by atoms with van der Waals surface area (Å²) in [5.41, 5.74) is 1.13. The Bertz CT molecular complexity index is 1380. The highest BCUT2D eigenvalue weighted by Gasteiger charge is 2.26. The van der Waals surface area contributed by atoms with E-state index in [1.807, 2.05) is 0 Å². The molecule has 0 atom stereocenters. The molecule has 2 aromatic heterocycles. The Morgan fingerprint density at radius 1 is 1.18 bits per heavy atom. The standard InChI is InChI=1S/C20H21ClN4O6S2/c1-32(27,28)20-22-8-9-25(20)19-23-18(14-2-4-15(21)5-3-14)16(31-19)6-7-17(26)24-10-12-33(29,30)13-11-24/h2-5,8-9H,6-7,10-13H2,1H3. The maximum Gasteiger partial charge on any atom is 0.308 e. The number of amides is 1. The summed E-state index contributed by atoms with van der Waals surface area (Å²) in [6, 6.07) is 6.87. The first-order chi connectivity index (χ1) is 15.5. The lowest BCUT2D eigenvalue weighted by Gasteiger charge is -2.26. The molecule has 0 N–H and O–H groups in total. The Labute approximate surface area is 196 Å². The van der Waals surface area contributed by atoms with Crippen LogP contribution in [0.3, 0.4) is 0 Å². The van der Waals surface area contributed by atoms with Crippen molar-refractivity contribution in [2.45, 2.75) is 18.0 Å². The average molecular weight is 513 g/mol. The molecule has 1 aliphatic heterocycles. The second kappa shape index (κ2) is 8.92. The van der Waals surface area contributed by atoms with Gasteiger partial charge < -0.3 is 9.32 Å². The highest BCUT2D eigenvalue weighted by molar-refractivity contribution is 7.91. The van der Waals surface area contributed by atoms with Gasteiger partial charge in [-0.1, -0.05) is 23.7 Å². The van der Waals surface area contributed by atoms with Gasteiger partial charge >= 0.3 is 6.01 Å². The van der Waals surface area contributed by atoms with Crippen molar-refractivity contribution in [3.05, 3.63) is 47.4 Å². The minimum atomic E-state index is -3.64. The third-order valence-corrected chi connectivity index (χ3v) is 8.04. The lowest BCUT2D eigenvalue weighted by atomic mass is 10.1. The number of imidazole rings is 1. The van der Waals surface area contributed by atoms with Crippen LogP contribution in [0.5, 0.6) is 0 Å². The van der Waals surface area contributed by atoms with Crippen molar-refractivity contribution in [2.75, 3.05) is 30.9 Å². The van der Waals surface area contributed by atoms with Crippen LogP contribution in [0.15, 0.2) is 46.2 Å². The number of aryl methyl sites for hydroxylation is 1. The van der Waals surface area contributed by atoms with E-state index in [0.717, 1.165) is 6.26 Å². The van der Waals surface area contributed by atoms with Gasteiger partial charge in [0.05, 0.1) is 11.5 Å². The molecule has 1 amide bonds. The van der Waals surface area contributed by atoms with Gasteiger partial charge in [0.2, 0.25) is 20.9 Å². The van der Waals surface area contributed by atoms with E-state index in [1.54, 1.807) is 24.3 Å². The molecule has 0 bridgehead atoms. The van der Waals surface area contributed by atoms with Crippen molar-refractivity contribution >= 4 is 37.2 Å². The summed E-state index contributed by atoms with van der Waals surface area (Å²) in [6.45, 7) is 0.333. The summed E-state index contributed by atoms with van der Waals surface area (Å²) in [6.07, 6.45) is 4.06. The number of oxazole rings is 1. The SMILES string of the molecule is CS(=O)(=O)c1nccn1-c1nc(-c2ccc(Cl)cc2)c(CCC(=O)N2CCS(=O)(=O)CC2)o1. The molecule has 0 spiro atoms. The summed E-state index contributed by atoms with van der Waals surface area (Å²) in [7, 11) is -6.73. The lowest BCUT2D eigenvalue weighted by Crippen LogP contribution is -2.43. The molecular formula is C20H21ClN4O6S2. The second-order valence-electron chi connectivity index (χ2n) is 7.66. The lowest BCUT2D eigenvalue weighted by molar-refractivity contribution is -0.130. The molecular weight excluding hydrogens is 492 g/mol. The highest BCUT2D eigenvalue weighted by Crippen LogP contribution is 2.29. The Kier molecular flexibility index (Phi) is 6.34. The van der Waals surface area contributed by atoms with E-state index in [4.69, 9.17) is 16.0 Å². The predicted octanol–water partition coefficient (Wildman–Crippen LogP) is 1.77. The van der Waals surface area contributed by atoms with Crippen LogP contribution in [0.2, 0.25) is 5.02 Å². The molecule has 0 saturated carbocycles. The van der Waals surface area contributed by atoms with Crippen molar-refractivity contribution in [1.29, 1.82) is 0 Å². The number of carbonyl (C=O) groups excluding carboxylic acids is 1. The first kappa shape index (κ1) is 23.5. The van der Waals surface area contributed by atoms with Crippen LogP contribution in [0.4, 0.5) is 0 Å². The van der Waals surface area contributed by atoms with Crippen LogP contribution in [0.25, 0.3) is 17.3 Å². The van der Waals surface area contributed by atoms with E-state index >= 15 is 0 Å². The topological polar surface area (TPSA) is 132 Å². The van der Waals surface area contributed by atoms with Crippen LogP contribution >= 0.6 is 11.6 Å². The average Bonchev–Trinajstić information content (AvgIpc) is 3.39. The van der Waals surface area contributed by atoms with Gasteiger partial charge in [-0.25, -0.2) is 26.4 Å². The number of hydrogen-bond acceptors (Lipinski definition) is 8. The largest absolute Gasteiger partial charge is 0.427 e. The van der Waals surface area contributed by atoms with Gasteiger partial charge in [-0.15, -0.1) is 0 Å². The molecule has 1 aromatic carbocycles. The maximum atomic E-state index is 12.7. The molecule has 10 nitrogen and oxygen atoms in total. The zero-order valence-electron chi connectivity index (χ0n) is 17.6. The van der Waals surface area contributed by atoms with E-state index in [2.05, 4.69) is 9.97 Å². The highest BCUT2D eigenvalue weighted by atomic mass is 35.5. The Morgan fingerprint density at radius 2 is 1.85 bits per heavy atom. The molecule has 1 aliphatic rings. The molecule has 0 unspecified atom stereocenters. The summed E-state index contributed by atoms with van der Waals surface area (Å²) >= 11 is 5.99. The number of rotatable bonds is 6. The summed E-state index contributed by atoms with van der Waals surface area (Å²) in [4.78, 5) is 22.5. The van der Waals surface area contributed by atoms with E-state index in [-0.39, 0.29) is 54.5 Å². The fraction of sp³-hybridized carbons (Fsp3) is 0.350. The summed E-state index contributed by atoms with van der Waals surface area (Å²) < 4.78 is 54.5. The number of benzene rings is 1. The van der Waals surface area contributed by atoms with Gasteiger partial charge in [0.15, 0.2) is 9.84 Å². The van der Waals surface area contributed by atoms with Gasteiger partial charge in [0.1, 0.15) is 11.5 Å². The first-order valence-corrected chi connectivity index (χ1v) is 14.1. The predicted molar refractivity (Wildman–Crippen MR) is 121 cm³/mol. The number of hydrogen-bond donors (Lipinski definition) is 0. The molecule has 0 aliphatic carbocycles. The molecule has 3 heterocycles. The van der Waals surface area contributed by atoms with E-state index in [9.17, 15) is 21.6 Å². The van der Waals surface area contributed by atoms with Gasteiger partial charge in [0.25, 0.3) is 0 Å². The normalized spacial score (nSPS) is 16.1. The van der Waals surface area contributed by atoms with Crippen LogP contribution in [-0.4, -0.2) is 73.0 Å². The number of halogens is 1. The van der Waals surface area contributed by atoms with Gasteiger partial charge in [0, 0.05) is 55.2 Å². The Morgan fingerprint density at radius 3 is 2.48 bits per heavy atom. The van der Waals surface area contributed by atoms with E-state index in [0.29, 0.717) is 22.0 Å². The monoisotopic (exact) mass is 512 g/mol. The fourth-order valence-electron chi connectivity index (χ4n) is 3.50. The number of sulfone groups is 2. The van der Waals surface area contributed by atoms with Crippen LogP contribution in [-0.2, 0) is 30.9 Å². The van der Waals surface area contributed by atoms with E-state index in [1.165, 1.54) is 21.9 Å². The van der Waals surface area contributed by atoms with Crippen molar-refractivity contribution in [3.8, 4) is 17.3 Å². The molecule has 1 saturated heterocycles. The molecule has 0 radical (unpaired) electrons. The number of nitrogens with zero attached hydrogens (tertiary/aromatic N) is 4. The minimum absolute atomic E-state index is 0.00406. The minimum Gasteiger partial charge on any atom is -0.427 e. The zero-order valence-corrected chi connectivity index (χ0v) is 20.0. The maximum absolute atomic E-state index is 12.7. The molecule has 13 heteroatoms. The van der Waals surface area contributed by atoms with Crippen molar-refractivity contribution in [1.82, 2.24) is 19.4 Å². The summed E-state index contributed by atoms with van der Waals surface area (Å²) in [5, 5.41) is 0.316. The van der Waals surface area contributed by atoms with E-state index < -0.39 is 19.7 Å². The smallest absolute Gasteiger partial charge is 0.308 e. The van der Waals surface area contributed by atoms with Crippen molar-refractivity contribution in [2.24, 2.45) is 0 Å². The quantitative estimate of drug-likeness (QED) is 0.488. The first-order valence-electron chi connectivity index (χ1n) is 10.0. The molecule has 4 rings (SSSR count). The zero-order chi connectivity index (χ0) is 23.8. The molecule has 33 heavy (non-hydrogen) atoms. The number of carbonyl (C=O) groups is 1. The third kappa shape index (κ3) is 5.28. The Balaban J connectivity index is 1.63. The van der Waals surface area contributed by atoms with Crippen LogP contribution < -0.4 is 0 Å². The van der Waals surface area contributed by atoms with Gasteiger partial charge in [-0.05, 0) is 12.1 Å².